The minimum Gasteiger partial charge on any atom is -0.369 e. The third-order valence-electron chi connectivity index (χ3n) is 4.21. The second-order valence-corrected chi connectivity index (χ2v) is 7.69. The zero-order valence-corrected chi connectivity index (χ0v) is 16.3. The van der Waals surface area contributed by atoms with Crippen molar-refractivity contribution in [3.63, 3.8) is 0 Å². The highest BCUT2D eigenvalue weighted by Gasteiger charge is 2.23. The Labute approximate surface area is 155 Å². The van der Waals surface area contributed by atoms with E-state index in [1.54, 1.807) is 11.3 Å². The lowest BCUT2D eigenvalue weighted by Gasteiger charge is -2.20. The van der Waals surface area contributed by atoms with E-state index in [0.29, 0.717) is 6.04 Å². The maximum Gasteiger partial charge on any atom is 0.191 e. The van der Waals surface area contributed by atoms with Gasteiger partial charge >= 0.3 is 0 Å². The summed E-state index contributed by atoms with van der Waals surface area (Å²) in [5.41, 5.74) is 4.24. The van der Waals surface area contributed by atoms with Gasteiger partial charge in [-0.2, -0.15) is 0 Å². The minimum atomic E-state index is 0.405. The first-order chi connectivity index (χ1) is 11.7. The standard InChI is InChI=1S/C17H22BrN5S/c1-12-16(24-11-21-12)9-20-17(19-2)22-14-7-8-23(10-14)15-5-3-13(18)4-6-15/h3-6,11,14H,7-10H2,1-2H3,(H2,19,20,22). The number of thiazole rings is 1. The highest BCUT2D eigenvalue weighted by atomic mass is 79.9. The maximum absolute atomic E-state index is 4.34. The Morgan fingerprint density at radius 1 is 1.42 bits per heavy atom. The molecule has 0 saturated carbocycles. The highest BCUT2D eigenvalue weighted by Crippen LogP contribution is 2.22. The molecule has 2 heterocycles. The van der Waals surface area contributed by atoms with Gasteiger partial charge in [0.2, 0.25) is 0 Å². The first-order valence-corrected chi connectivity index (χ1v) is 9.69. The Morgan fingerprint density at radius 2 is 2.21 bits per heavy atom. The summed E-state index contributed by atoms with van der Waals surface area (Å²) in [6.07, 6.45) is 1.11. The normalized spacial score (nSPS) is 18.0. The SMILES string of the molecule is CN=C(NCc1scnc1C)NC1CCN(c2ccc(Br)cc2)C1. The average Bonchev–Trinajstić information content (AvgIpc) is 3.21. The van der Waals surface area contributed by atoms with Crippen molar-refractivity contribution < 1.29 is 0 Å². The predicted molar refractivity (Wildman–Crippen MR) is 105 cm³/mol. The van der Waals surface area contributed by atoms with Crippen molar-refractivity contribution in [1.29, 1.82) is 0 Å². The van der Waals surface area contributed by atoms with Crippen LogP contribution in [0.2, 0.25) is 0 Å². The molecule has 1 aromatic heterocycles. The fraction of sp³-hybridized carbons (Fsp3) is 0.412. The van der Waals surface area contributed by atoms with Gasteiger partial charge in [-0.15, -0.1) is 11.3 Å². The second kappa shape index (κ2) is 7.98. The molecule has 128 valence electrons. The van der Waals surface area contributed by atoms with Gasteiger partial charge in [-0.3, -0.25) is 4.99 Å². The van der Waals surface area contributed by atoms with E-state index in [1.807, 2.05) is 19.5 Å². The van der Waals surface area contributed by atoms with Crippen molar-refractivity contribution >= 4 is 38.9 Å². The number of aliphatic imine (C=N–C) groups is 1. The van der Waals surface area contributed by atoms with E-state index >= 15 is 0 Å². The Hall–Kier alpha value is -1.60. The van der Waals surface area contributed by atoms with Gasteiger partial charge in [0.05, 0.1) is 17.7 Å². The third kappa shape index (κ3) is 4.27. The number of aromatic nitrogens is 1. The number of halogens is 1. The molecule has 3 rings (SSSR count). The molecule has 0 spiro atoms. The quantitative estimate of drug-likeness (QED) is 0.603. The van der Waals surface area contributed by atoms with Gasteiger partial charge < -0.3 is 15.5 Å². The van der Waals surface area contributed by atoms with Gasteiger partial charge in [0.15, 0.2) is 5.96 Å². The van der Waals surface area contributed by atoms with Crippen LogP contribution in [-0.2, 0) is 6.54 Å². The molecule has 1 saturated heterocycles. The van der Waals surface area contributed by atoms with Gasteiger partial charge in [0.25, 0.3) is 0 Å². The molecule has 1 fully saturated rings. The fourth-order valence-electron chi connectivity index (χ4n) is 2.81. The molecule has 2 N–H and O–H groups in total. The first-order valence-electron chi connectivity index (χ1n) is 8.02. The number of anilines is 1. The van der Waals surface area contributed by atoms with E-state index < -0.39 is 0 Å². The summed E-state index contributed by atoms with van der Waals surface area (Å²) in [7, 11) is 1.82. The molecule has 7 heteroatoms. The monoisotopic (exact) mass is 407 g/mol. The zero-order valence-electron chi connectivity index (χ0n) is 13.9. The largest absolute Gasteiger partial charge is 0.369 e. The Bertz CT molecular complexity index is 697. The molecule has 1 unspecified atom stereocenters. The lowest BCUT2D eigenvalue weighted by Crippen LogP contribution is -2.44. The van der Waals surface area contributed by atoms with E-state index in [0.717, 1.165) is 42.2 Å². The molecular weight excluding hydrogens is 386 g/mol. The third-order valence-corrected chi connectivity index (χ3v) is 5.67. The number of nitrogens with zero attached hydrogens (tertiary/aromatic N) is 3. The number of rotatable bonds is 4. The van der Waals surface area contributed by atoms with E-state index in [9.17, 15) is 0 Å². The maximum atomic E-state index is 4.34. The van der Waals surface area contributed by atoms with Crippen LogP contribution in [0.1, 0.15) is 17.0 Å². The zero-order chi connectivity index (χ0) is 16.9. The van der Waals surface area contributed by atoms with E-state index in [4.69, 9.17) is 0 Å². The van der Waals surface area contributed by atoms with Crippen LogP contribution >= 0.6 is 27.3 Å². The van der Waals surface area contributed by atoms with Gasteiger partial charge in [-0.25, -0.2) is 4.98 Å². The van der Waals surface area contributed by atoms with Crippen LogP contribution in [0.3, 0.4) is 0 Å². The molecule has 0 radical (unpaired) electrons. The number of benzene rings is 1. The van der Waals surface area contributed by atoms with Crippen LogP contribution in [0.15, 0.2) is 39.2 Å². The van der Waals surface area contributed by atoms with Crippen LogP contribution in [0.4, 0.5) is 5.69 Å². The lowest BCUT2D eigenvalue weighted by molar-refractivity contribution is 0.649. The summed E-state index contributed by atoms with van der Waals surface area (Å²) >= 11 is 5.16. The van der Waals surface area contributed by atoms with Crippen molar-refractivity contribution in [3.05, 3.63) is 44.8 Å². The van der Waals surface area contributed by atoms with Gasteiger partial charge in [0.1, 0.15) is 0 Å². The van der Waals surface area contributed by atoms with Gasteiger partial charge in [-0.05, 0) is 37.6 Å². The molecule has 0 amide bonds. The molecule has 5 nitrogen and oxygen atoms in total. The van der Waals surface area contributed by atoms with E-state index in [1.165, 1.54) is 10.6 Å². The summed E-state index contributed by atoms with van der Waals surface area (Å²) in [6, 6.07) is 8.91. The summed E-state index contributed by atoms with van der Waals surface area (Å²) in [4.78, 5) is 12.3. The molecule has 0 bridgehead atoms. The Kier molecular flexibility index (Phi) is 5.73. The van der Waals surface area contributed by atoms with Crippen LogP contribution in [0.25, 0.3) is 0 Å². The summed E-state index contributed by atoms with van der Waals surface area (Å²) in [5.74, 6) is 0.852. The second-order valence-electron chi connectivity index (χ2n) is 5.84. The molecule has 0 aliphatic carbocycles. The number of nitrogens with one attached hydrogen (secondary N) is 2. The number of hydrogen-bond acceptors (Lipinski definition) is 4. The molecule has 1 aliphatic heterocycles. The molecule has 1 aromatic carbocycles. The summed E-state index contributed by atoms with van der Waals surface area (Å²) in [6.45, 7) is 4.85. The van der Waals surface area contributed by atoms with Crippen molar-refractivity contribution in [2.24, 2.45) is 4.99 Å². The fourth-order valence-corrected chi connectivity index (χ4v) is 3.79. The first kappa shape index (κ1) is 17.2. The Morgan fingerprint density at radius 3 is 2.88 bits per heavy atom. The molecular formula is C17H22BrN5S. The van der Waals surface area contributed by atoms with Crippen LogP contribution in [0.5, 0.6) is 0 Å². The predicted octanol–water partition coefficient (Wildman–Crippen LogP) is 3.16. The molecule has 1 atom stereocenters. The highest BCUT2D eigenvalue weighted by molar-refractivity contribution is 9.10. The number of hydrogen-bond donors (Lipinski definition) is 2. The lowest BCUT2D eigenvalue weighted by atomic mass is 10.2. The van der Waals surface area contributed by atoms with Crippen LogP contribution < -0.4 is 15.5 Å². The molecule has 2 aromatic rings. The number of guanidine groups is 1. The Balaban J connectivity index is 1.52. The number of aryl methyl sites for hydroxylation is 1. The topological polar surface area (TPSA) is 52.6 Å². The summed E-state index contributed by atoms with van der Waals surface area (Å²) < 4.78 is 1.11. The molecule has 1 aliphatic rings. The van der Waals surface area contributed by atoms with Crippen LogP contribution in [-0.4, -0.2) is 37.1 Å². The van der Waals surface area contributed by atoms with E-state index in [2.05, 4.69) is 65.7 Å². The van der Waals surface area contributed by atoms with Crippen molar-refractivity contribution in [1.82, 2.24) is 15.6 Å². The van der Waals surface area contributed by atoms with Crippen LogP contribution in [0, 0.1) is 6.92 Å². The van der Waals surface area contributed by atoms with Crippen molar-refractivity contribution in [3.8, 4) is 0 Å². The molecule has 24 heavy (non-hydrogen) atoms. The average molecular weight is 408 g/mol. The van der Waals surface area contributed by atoms with Gasteiger partial charge in [0, 0.05) is 41.2 Å². The smallest absolute Gasteiger partial charge is 0.191 e. The van der Waals surface area contributed by atoms with Gasteiger partial charge in [-0.1, -0.05) is 15.9 Å². The minimum absolute atomic E-state index is 0.405. The van der Waals surface area contributed by atoms with Crippen molar-refractivity contribution in [2.75, 3.05) is 25.0 Å². The van der Waals surface area contributed by atoms with E-state index in [-0.39, 0.29) is 0 Å². The van der Waals surface area contributed by atoms with Crippen molar-refractivity contribution in [2.45, 2.75) is 25.9 Å². The summed E-state index contributed by atoms with van der Waals surface area (Å²) in [5, 5.41) is 6.92.